The highest BCUT2D eigenvalue weighted by atomic mass is 32.1. The highest BCUT2D eigenvalue weighted by molar-refractivity contribution is 7.80. The summed E-state index contributed by atoms with van der Waals surface area (Å²) in [4.78, 5) is 7.12. The van der Waals surface area contributed by atoms with Gasteiger partial charge in [0.25, 0.3) is 0 Å². The lowest BCUT2D eigenvalue weighted by Crippen LogP contribution is -2.40. The molecular formula is C23H26N4OS. The summed E-state index contributed by atoms with van der Waals surface area (Å²) in [5, 5.41) is 4.45. The number of hydrogen-bond acceptors (Lipinski definition) is 3. The van der Waals surface area contributed by atoms with Crippen LogP contribution in [0.3, 0.4) is 0 Å². The van der Waals surface area contributed by atoms with Crippen LogP contribution in [0, 0.1) is 0 Å². The third kappa shape index (κ3) is 3.57. The van der Waals surface area contributed by atoms with Crippen LogP contribution in [0.4, 0.5) is 0 Å². The molecule has 0 bridgehead atoms. The highest BCUT2D eigenvalue weighted by Crippen LogP contribution is 2.42. The largest absolute Gasteiger partial charge is 0.467 e. The van der Waals surface area contributed by atoms with Crippen LogP contribution in [0.2, 0.25) is 0 Å². The molecule has 0 amide bonds. The predicted molar refractivity (Wildman–Crippen MR) is 116 cm³/mol. The van der Waals surface area contributed by atoms with E-state index in [1.807, 2.05) is 24.4 Å². The van der Waals surface area contributed by atoms with Gasteiger partial charge in [0.15, 0.2) is 5.11 Å². The topological polar surface area (TPSA) is 46.2 Å². The van der Waals surface area contributed by atoms with Crippen LogP contribution >= 0.6 is 12.2 Å². The third-order valence-corrected chi connectivity index (χ3v) is 6.51. The van der Waals surface area contributed by atoms with Gasteiger partial charge < -0.3 is 19.2 Å². The fraction of sp³-hybridized carbons (Fsp3) is 0.391. The van der Waals surface area contributed by atoms with E-state index in [1.165, 1.54) is 37.8 Å². The van der Waals surface area contributed by atoms with Gasteiger partial charge in [-0.15, -0.1) is 0 Å². The van der Waals surface area contributed by atoms with E-state index in [1.54, 1.807) is 6.26 Å². The molecule has 5 nitrogen and oxygen atoms in total. The number of pyridine rings is 1. The van der Waals surface area contributed by atoms with Crippen molar-refractivity contribution in [3.05, 3.63) is 78.3 Å². The maximum atomic E-state index is 5.87. The molecule has 2 fully saturated rings. The van der Waals surface area contributed by atoms with Crippen LogP contribution in [-0.4, -0.2) is 25.6 Å². The molecule has 0 unspecified atom stereocenters. The summed E-state index contributed by atoms with van der Waals surface area (Å²) in [5.41, 5.74) is 2.28. The lowest BCUT2D eigenvalue weighted by molar-refractivity contribution is 0.191. The molecule has 6 heteroatoms. The van der Waals surface area contributed by atoms with Gasteiger partial charge >= 0.3 is 0 Å². The average Bonchev–Trinajstić information content (AvgIpc) is 3.50. The Morgan fingerprint density at radius 1 is 1.07 bits per heavy atom. The molecule has 150 valence electrons. The Hall–Kier alpha value is -2.60. The molecule has 3 aromatic rings. The van der Waals surface area contributed by atoms with E-state index >= 15 is 0 Å². The molecule has 0 aromatic carbocycles. The van der Waals surface area contributed by atoms with Gasteiger partial charge in [-0.1, -0.05) is 25.3 Å². The minimum absolute atomic E-state index is 0.0378. The summed E-state index contributed by atoms with van der Waals surface area (Å²) < 4.78 is 7.89. The number of nitrogens with zero attached hydrogens (tertiary/aromatic N) is 3. The minimum atomic E-state index is 0.0378. The number of rotatable bonds is 5. The first-order valence-electron chi connectivity index (χ1n) is 10.5. The Kier molecular flexibility index (Phi) is 5.10. The van der Waals surface area contributed by atoms with Crippen molar-refractivity contribution in [2.45, 2.75) is 56.8 Å². The molecule has 1 saturated heterocycles. The Labute approximate surface area is 176 Å². The molecule has 4 heterocycles. The number of thiocarbonyl (C=S) groups is 1. The van der Waals surface area contributed by atoms with Crippen molar-refractivity contribution in [3.8, 4) is 0 Å². The molecule has 1 N–H and O–H groups in total. The van der Waals surface area contributed by atoms with Crippen LogP contribution in [-0.2, 0) is 6.54 Å². The van der Waals surface area contributed by atoms with E-state index in [-0.39, 0.29) is 12.1 Å². The molecule has 1 aliphatic carbocycles. The van der Waals surface area contributed by atoms with E-state index < -0.39 is 0 Å². The number of hydrogen-bond donors (Lipinski definition) is 1. The maximum Gasteiger partial charge on any atom is 0.170 e. The molecule has 3 aromatic heterocycles. The standard InChI is InChI=1S/C23H26N4OS/c29-23-25-21(19-11-4-5-13-24-19)22(27(23)17-8-2-1-3-9-17)20-12-6-14-26(20)16-18-10-7-15-28-18/h4-7,10-15,17,21-22H,1-3,8-9,16H2,(H,25,29)/t21-,22-/m1/s1. The van der Waals surface area contributed by atoms with Gasteiger partial charge in [0.1, 0.15) is 5.76 Å². The van der Waals surface area contributed by atoms with Gasteiger partial charge in [-0.3, -0.25) is 4.98 Å². The molecule has 29 heavy (non-hydrogen) atoms. The maximum absolute atomic E-state index is 5.87. The van der Waals surface area contributed by atoms with Crippen molar-refractivity contribution in [3.63, 3.8) is 0 Å². The lowest BCUT2D eigenvalue weighted by Gasteiger charge is -2.37. The quantitative estimate of drug-likeness (QED) is 0.615. The van der Waals surface area contributed by atoms with Gasteiger partial charge in [-0.05, 0) is 61.5 Å². The molecule has 1 saturated carbocycles. The third-order valence-electron chi connectivity index (χ3n) is 6.18. The van der Waals surface area contributed by atoms with E-state index in [9.17, 15) is 0 Å². The predicted octanol–water partition coefficient (Wildman–Crippen LogP) is 4.83. The second-order valence-corrected chi connectivity index (χ2v) is 8.35. The number of furan rings is 1. The lowest BCUT2D eigenvalue weighted by atomic mass is 9.92. The van der Waals surface area contributed by atoms with Crippen molar-refractivity contribution in [1.82, 2.24) is 19.8 Å². The molecular weight excluding hydrogens is 380 g/mol. The summed E-state index contributed by atoms with van der Waals surface area (Å²) in [6.07, 6.45) is 12.0. The molecule has 0 spiro atoms. The smallest absolute Gasteiger partial charge is 0.170 e. The second kappa shape index (κ2) is 8.03. The fourth-order valence-corrected chi connectivity index (χ4v) is 5.23. The Morgan fingerprint density at radius 3 is 2.72 bits per heavy atom. The summed E-state index contributed by atoms with van der Waals surface area (Å²) >= 11 is 5.87. The van der Waals surface area contributed by atoms with Gasteiger partial charge in [-0.25, -0.2) is 0 Å². The normalized spacial score (nSPS) is 22.8. The zero-order chi connectivity index (χ0) is 19.6. The highest BCUT2D eigenvalue weighted by Gasteiger charge is 2.44. The molecule has 0 radical (unpaired) electrons. The first-order chi connectivity index (χ1) is 14.3. The average molecular weight is 407 g/mol. The van der Waals surface area contributed by atoms with Crippen molar-refractivity contribution in [2.24, 2.45) is 0 Å². The summed E-state index contributed by atoms with van der Waals surface area (Å²) in [6.45, 7) is 0.714. The number of aromatic nitrogens is 2. The van der Waals surface area contributed by atoms with E-state index in [4.69, 9.17) is 16.6 Å². The van der Waals surface area contributed by atoms with Crippen molar-refractivity contribution in [2.75, 3.05) is 0 Å². The van der Waals surface area contributed by atoms with E-state index in [2.05, 4.69) is 50.2 Å². The van der Waals surface area contributed by atoms with Gasteiger partial charge in [-0.2, -0.15) is 0 Å². The van der Waals surface area contributed by atoms with E-state index in [0.717, 1.165) is 16.6 Å². The van der Waals surface area contributed by atoms with Crippen molar-refractivity contribution >= 4 is 17.3 Å². The van der Waals surface area contributed by atoms with Crippen molar-refractivity contribution < 1.29 is 4.42 Å². The molecule has 5 rings (SSSR count). The van der Waals surface area contributed by atoms with E-state index in [0.29, 0.717) is 12.6 Å². The molecule has 2 atom stereocenters. The fourth-order valence-electron chi connectivity index (χ4n) is 4.84. The number of nitrogens with one attached hydrogen (secondary N) is 1. The SMILES string of the molecule is S=C1N[C@H](c2ccccn2)[C@@H](c2cccn2Cc2ccco2)N1C1CCCCC1. The summed E-state index contributed by atoms with van der Waals surface area (Å²) in [7, 11) is 0. The monoisotopic (exact) mass is 406 g/mol. The van der Waals surface area contributed by atoms with Crippen molar-refractivity contribution in [1.29, 1.82) is 0 Å². The summed E-state index contributed by atoms with van der Waals surface area (Å²) in [6, 6.07) is 15.0. The molecule has 1 aliphatic heterocycles. The van der Waals surface area contributed by atoms with Crippen LogP contribution < -0.4 is 5.32 Å². The first kappa shape index (κ1) is 18.4. The van der Waals surface area contributed by atoms with Crippen LogP contribution in [0.1, 0.15) is 61.3 Å². The van der Waals surface area contributed by atoms with Gasteiger partial charge in [0, 0.05) is 24.1 Å². The van der Waals surface area contributed by atoms with Gasteiger partial charge in [0.05, 0.1) is 30.6 Å². The van der Waals surface area contributed by atoms with Gasteiger partial charge in [0.2, 0.25) is 0 Å². The minimum Gasteiger partial charge on any atom is -0.467 e. The zero-order valence-electron chi connectivity index (χ0n) is 16.4. The first-order valence-corrected chi connectivity index (χ1v) is 10.9. The Bertz CT molecular complexity index is 946. The summed E-state index contributed by atoms with van der Waals surface area (Å²) in [5.74, 6) is 0.953. The van der Waals surface area contributed by atoms with Crippen LogP contribution in [0.25, 0.3) is 0 Å². The zero-order valence-corrected chi connectivity index (χ0v) is 17.2. The molecule has 2 aliphatic rings. The Morgan fingerprint density at radius 2 is 1.97 bits per heavy atom. The van der Waals surface area contributed by atoms with Crippen LogP contribution in [0.5, 0.6) is 0 Å². The van der Waals surface area contributed by atoms with Crippen LogP contribution in [0.15, 0.2) is 65.5 Å². The Balaban J connectivity index is 1.55. The second-order valence-electron chi connectivity index (χ2n) is 7.97.